The summed E-state index contributed by atoms with van der Waals surface area (Å²) in [6.07, 6.45) is 0.524. The van der Waals surface area contributed by atoms with Gasteiger partial charge in [-0.15, -0.1) is 0 Å². The molecule has 0 aliphatic rings. The minimum atomic E-state index is -1.02. The fraction of sp³-hybridized carbons (Fsp3) is 0.200. The van der Waals surface area contributed by atoms with Gasteiger partial charge >= 0.3 is 5.97 Å². The van der Waals surface area contributed by atoms with Crippen molar-refractivity contribution in [3.63, 3.8) is 0 Å². The molecule has 3 rings (SSSR count). The molecule has 0 radical (unpaired) electrons. The first kappa shape index (κ1) is 18.5. The second-order valence-corrected chi connectivity index (χ2v) is 7.04. The monoisotopic (exact) mass is 388 g/mol. The number of carboxylic acids is 1. The van der Waals surface area contributed by atoms with Gasteiger partial charge in [-0.3, -0.25) is 0 Å². The lowest BCUT2D eigenvalue weighted by atomic mass is 10.0. The molecule has 4 nitrogen and oxygen atoms in total. The number of hydrogen-bond donors (Lipinski definition) is 1. The van der Waals surface area contributed by atoms with E-state index >= 15 is 0 Å². The number of carboxylic acid groups (broad SMARTS) is 1. The van der Waals surface area contributed by atoms with Crippen molar-refractivity contribution in [1.82, 2.24) is 9.78 Å². The molecule has 0 amide bonds. The third-order valence-corrected chi connectivity index (χ3v) is 4.84. The summed E-state index contributed by atoms with van der Waals surface area (Å²) in [5.74, 6) is -1.02. The summed E-state index contributed by atoms with van der Waals surface area (Å²) in [7, 11) is 0. The molecule has 2 aromatic carbocycles. The number of hydrogen-bond acceptors (Lipinski definition) is 2. The molecular weight excluding hydrogens is 371 g/mol. The van der Waals surface area contributed by atoms with Crippen molar-refractivity contribution in [2.75, 3.05) is 0 Å². The van der Waals surface area contributed by atoms with Crippen LogP contribution in [0.4, 0.5) is 0 Å². The largest absolute Gasteiger partial charge is 0.478 e. The maximum absolute atomic E-state index is 12.0. The van der Waals surface area contributed by atoms with Crippen LogP contribution < -0.4 is 0 Å². The van der Waals surface area contributed by atoms with Crippen molar-refractivity contribution >= 4 is 29.2 Å². The molecule has 1 aromatic heterocycles. The SMILES string of the molecule is CCc1c(C(=O)O)c(-c2cc(Cl)cc(Cl)c2)nn1-c1ccc(C)c(C)c1. The van der Waals surface area contributed by atoms with Gasteiger partial charge in [-0.2, -0.15) is 5.10 Å². The van der Waals surface area contributed by atoms with E-state index in [1.54, 1.807) is 22.9 Å². The van der Waals surface area contributed by atoms with Gasteiger partial charge < -0.3 is 5.11 Å². The topological polar surface area (TPSA) is 55.1 Å². The summed E-state index contributed by atoms with van der Waals surface area (Å²) in [5, 5.41) is 15.3. The smallest absolute Gasteiger partial charge is 0.339 e. The molecule has 1 heterocycles. The van der Waals surface area contributed by atoms with Crippen LogP contribution in [0.25, 0.3) is 16.9 Å². The van der Waals surface area contributed by atoms with Crippen LogP contribution in [0.5, 0.6) is 0 Å². The van der Waals surface area contributed by atoms with Gasteiger partial charge in [-0.05, 0) is 61.7 Å². The molecule has 0 unspecified atom stereocenters. The molecule has 1 N–H and O–H groups in total. The van der Waals surface area contributed by atoms with E-state index in [1.807, 2.05) is 39.0 Å². The number of nitrogens with zero attached hydrogens (tertiary/aromatic N) is 2. The fourth-order valence-electron chi connectivity index (χ4n) is 2.97. The van der Waals surface area contributed by atoms with Gasteiger partial charge in [0.05, 0.1) is 11.4 Å². The Balaban J connectivity index is 2.30. The van der Waals surface area contributed by atoms with Crippen molar-refractivity contribution < 1.29 is 9.90 Å². The molecule has 0 saturated carbocycles. The maximum Gasteiger partial charge on any atom is 0.339 e. The van der Waals surface area contributed by atoms with Crippen LogP contribution >= 0.6 is 23.2 Å². The predicted molar refractivity (Wildman–Crippen MR) is 105 cm³/mol. The molecule has 0 saturated heterocycles. The Morgan fingerprint density at radius 2 is 1.73 bits per heavy atom. The third-order valence-electron chi connectivity index (χ3n) is 4.40. The highest BCUT2D eigenvalue weighted by atomic mass is 35.5. The zero-order chi connectivity index (χ0) is 19.0. The van der Waals surface area contributed by atoms with Crippen LogP contribution in [-0.4, -0.2) is 20.9 Å². The highest BCUT2D eigenvalue weighted by molar-refractivity contribution is 6.35. The van der Waals surface area contributed by atoms with Crippen LogP contribution in [-0.2, 0) is 6.42 Å². The van der Waals surface area contributed by atoms with Crippen LogP contribution in [0.3, 0.4) is 0 Å². The van der Waals surface area contributed by atoms with Crippen molar-refractivity contribution in [2.45, 2.75) is 27.2 Å². The highest BCUT2D eigenvalue weighted by Crippen LogP contribution is 2.32. The second kappa shape index (κ2) is 7.14. The first-order valence-corrected chi connectivity index (χ1v) is 8.96. The minimum Gasteiger partial charge on any atom is -0.478 e. The summed E-state index contributed by atoms with van der Waals surface area (Å²) in [6, 6.07) is 10.9. The standard InChI is InChI=1S/C20H18Cl2N2O2/c1-4-17-18(20(25)26)19(13-8-14(21)10-15(22)9-13)23-24(17)16-6-5-11(2)12(3)7-16/h5-10H,4H2,1-3H3,(H,25,26). The number of carbonyl (C=O) groups is 1. The van der Waals surface area contributed by atoms with Crippen LogP contribution in [0.15, 0.2) is 36.4 Å². The van der Waals surface area contributed by atoms with Gasteiger partial charge in [0.2, 0.25) is 0 Å². The maximum atomic E-state index is 12.0. The van der Waals surface area contributed by atoms with E-state index in [4.69, 9.17) is 23.2 Å². The number of aromatic nitrogens is 2. The van der Waals surface area contributed by atoms with Crippen LogP contribution in [0.1, 0.15) is 34.1 Å². The summed E-state index contributed by atoms with van der Waals surface area (Å²) in [4.78, 5) is 12.0. The Kier molecular flexibility index (Phi) is 5.08. The lowest BCUT2D eigenvalue weighted by Crippen LogP contribution is -2.06. The number of rotatable bonds is 4. The Morgan fingerprint density at radius 3 is 2.27 bits per heavy atom. The van der Waals surface area contributed by atoms with Gasteiger partial charge in [0.15, 0.2) is 0 Å². The van der Waals surface area contributed by atoms with E-state index in [0.717, 1.165) is 11.3 Å². The second-order valence-electron chi connectivity index (χ2n) is 6.17. The predicted octanol–water partition coefficient (Wildman–Crippen LogP) is 5.72. The van der Waals surface area contributed by atoms with Crippen LogP contribution in [0, 0.1) is 13.8 Å². The fourth-order valence-corrected chi connectivity index (χ4v) is 3.49. The Hall–Kier alpha value is -2.30. The molecule has 0 bridgehead atoms. The van der Waals surface area contributed by atoms with E-state index in [0.29, 0.717) is 33.4 Å². The first-order chi connectivity index (χ1) is 12.3. The minimum absolute atomic E-state index is 0.170. The average Bonchev–Trinajstić information content (AvgIpc) is 2.96. The molecule has 0 fully saturated rings. The molecule has 26 heavy (non-hydrogen) atoms. The van der Waals surface area contributed by atoms with Gasteiger partial charge in [0.1, 0.15) is 11.3 Å². The molecular formula is C20H18Cl2N2O2. The van der Waals surface area contributed by atoms with E-state index < -0.39 is 5.97 Å². The Bertz CT molecular complexity index is 989. The van der Waals surface area contributed by atoms with Crippen molar-refractivity contribution in [1.29, 1.82) is 0 Å². The number of aromatic carboxylic acids is 1. The molecule has 0 aliphatic carbocycles. The van der Waals surface area contributed by atoms with Gasteiger partial charge in [-0.25, -0.2) is 9.48 Å². The van der Waals surface area contributed by atoms with E-state index in [1.165, 1.54) is 5.56 Å². The van der Waals surface area contributed by atoms with Gasteiger partial charge in [0.25, 0.3) is 0 Å². The number of benzene rings is 2. The number of halogens is 2. The Morgan fingerprint density at radius 1 is 1.08 bits per heavy atom. The van der Waals surface area contributed by atoms with Crippen molar-refractivity contribution in [3.8, 4) is 16.9 Å². The first-order valence-electron chi connectivity index (χ1n) is 8.21. The third kappa shape index (κ3) is 3.35. The lowest BCUT2D eigenvalue weighted by Gasteiger charge is -2.09. The van der Waals surface area contributed by atoms with Gasteiger partial charge in [0, 0.05) is 15.6 Å². The molecule has 0 spiro atoms. The summed E-state index contributed by atoms with van der Waals surface area (Å²) >= 11 is 12.2. The Labute approximate surface area is 162 Å². The van der Waals surface area contributed by atoms with E-state index in [2.05, 4.69) is 5.10 Å². The van der Waals surface area contributed by atoms with Crippen molar-refractivity contribution in [3.05, 3.63) is 68.8 Å². The molecule has 0 atom stereocenters. The zero-order valence-electron chi connectivity index (χ0n) is 14.7. The van der Waals surface area contributed by atoms with E-state index in [-0.39, 0.29) is 5.56 Å². The molecule has 6 heteroatoms. The quantitative estimate of drug-likeness (QED) is 0.621. The van der Waals surface area contributed by atoms with Crippen molar-refractivity contribution in [2.24, 2.45) is 0 Å². The molecule has 3 aromatic rings. The van der Waals surface area contributed by atoms with Gasteiger partial charge in [-0.1, -0.05) is 36.2 Å². The number of aryl methyl sites for hydroxylation is 2. The summed E-state index contributed by atoms with van der Waals surface area (Å²) < 4.78 is 1.69. The van der Waals surface area contributed by atoms with Crippen LogP contribution in [0.2, 0.25) is 10.0 Å². The summed E-state index contributed by atoms with van der Waals surface area (Å²) in [6.45, 7) is 5.96. The molecule has 0 aliphatic heterocycles. The lowest BCUT2D eigenvalue weighted by molar-refractivity contribution is 0.0696. The average molecular weight is 389 g/mol. The van der Waals surface area contributed by atoms with E-state index in [9.17, 15) is 9.90 Å². The normalized spacial score (nSPS) is 11.0. The zero-order valence-corrected chi connectivity index (χ0v) is 16.2. The highest BCUT2D eigenvalue weighted by Gasteiger charge is 2.24. The molecule has 134 valence electrons. The summed E-state index contributed by atoms with van der Waals surface area (Å²) in [5.41, 5.74) is 4.85.